The number of amides is 1. The van der Waals surface area contributed by atoms with Gasteiger partial charge in [0.05, 0.1) is 11.0 Å². The molecule has 0 saturated carbocycles. The van der Waals surface area contributed by atoms with E-state index in [0.717, 1.165) is 11.0 Å². The van der Waals surface area contributed by atoms with Crippen LogP contribution in [-0.2, 0) is 18.4 Å². The fraction of sp³-hybridized carbons (Fsp3) is 0.400. The van der Waals surface area contributed by atoms with Crippen LogP contribution in [0, 0.1) is 0 Å². The second-order valence-corrected chi connectivity index (χ2v) is 5.19. The quantitative estimate of drug-likeness (QED) is 0.718. The molecule has 116 valence electrons. The zero-order valence-electron chi connectivity index (χ0n) is 13.0. The van der Waals surface area contributed by atoms with Crippen LogP contribution in [0.3, 0.4) is 0 Å². The highest BCUT2D eigenvalue weighted by Crippen LogP contribution is 2.16. The summed E-state index contributed by atoms with van der Waals surface area (Å²) in [6.07, 6.45) is 0. The predicted molar refractivity (Wildman–Crippen MR) is 83.9 cm³/mol. The van der Waals surface area contributed by atoms with E-state index < -0.39 is 0 Å². The number of rotatable bonds is 4. The van der Waals surface area contributed by atoms with Crippen LogP contribution in [0.2, 0.25) is 0 Å². The molecular formula is C15H19N5O2. The fourth-order valence-electron chi connectivity index (χ4n) is 2.78. The number of hydrogen-bond donors (Lipinski definition) is 0. The van der Waals surface area contributed by atoms with Gasteiger partial charge in [-0.25, -0.2) is 13.9 Å². The summed E-state index contributed by atoms with van der Waals surface area (Å²) in [4.78, 5) is 26.4. The number of hydrogen-bond acceptors (Lipinski definition) is 3. The van der Waals surface area contributed by atoms with Gasteiger partial charge in [0.25, 0.3) is 0 Å². The van der Waals surface area contributed by atoms with Crippen LogP contribution in [0.5, 0.6) is 0 Å². The van der Waals surface area contributed by atoms with E-state index in [4.69, 9.17) is 0 Å². The average molecular weight is 301 g/mol. The van der Waals surface area contributed by atoms with Gasteiger partial charge >= 0.3 is 5.69 Å². The largest absolute Gasteiger partial charge is 0.352 e. The van der Waals surface area contributed by atoms with Crippen molar-refractivity contribution in [3.05, 3.63) is 34.7 Å². The Morgan fingerprint density at radius 2 is 1.82 bits per heavy atom. The van der Waals surface area contributed by atoms with Crippen molar-refractivity contribution in [1.82, 2.24) is 23.6 Å². The van der Waals surface area contributed by atoms with Gasteiger partial charge in [-0.3, -0.25) is 4.79 Å². The second kappa shape index (κ2) is 5.32. The third kappa shape index (κ3) is 2.01. The third-order valence-corrected chi connectivity index (χ3v) is 4.01. The molecule has 0 aliphatic carbocycles. The highest BCUT2D eigenvalue weighted by Gasteiger charge is 2.18. The molecule has 0 aliphatic heterocycles. The number of likely N-dealkylation sites (N-methyl/N-ethyl adjacent to an activating group) is 1. The van der Waals surface area contributed by atoms with Gasteiger partial charge in [-0.1, -0.05) is 12.1 Å². The molecule has 2 heterocycles. The molecule has 0 unspecified atom stereocenters. The zero-order chi connectivity index (χ0) is 15.9. The number of carbonyl (C=O) groups is 1. The number of nitrogens with zero attached hydrogens (tertiary/aromatic N) is 5. The number of imidazole rings is 1. The van der Waals surface area contributed by atoms with E-state index in [1.807, 2.05) is 49.7 Å². The number of fused-ring (bicyclic) bond motifs is 3. The summed E-state index contributed by atoms with van der Waals surface area (Å²) in [5, 5.41) is 4.32. The summed E-state index contributed by atoms with van der Waals surface area (Å²) in [6.45, 7) is 5.06. The fourth-order valence-corrected chi connectivity index (χ4v) is 2.78. The van der Waals surface area contributed by atoms with Crippen molar-refractivity contribution < 1.29 is 4.79 Å². The van der Waals surface area contributed by atoms with Crippen molar-refractivity contribution in [2.75, 3.05) is 13.1 Å². The van der Waals surface area contributed by atoms with E-state index in [1.54, 1.807) is 9.30 Å². The molecule has 3 rings (SSSR count). The second-order valence-electron chi connectivity index (χ2n) is 5.19. The van der Waals surface area contributed by atoms with Crippen LogP contribution < -0.4 is 5.69 Å². The van der Waals surface area contributed by atoms with Crippen molar-refractivity contribution in [3.8, 4) is 0 Å². The molecule has 3 aromatic rings. The van der Waals surface area contributed by atoms with Crippen LogP contribution in [0.4, 0.5) is 0 Å². The first-order valence-corrected chi connectivity index (χ1v) is 7.39. The number of aromatic nitrogens is 4. The van der Waals surface area contributed by atoms with Crippen molar-refractivity contribution >= 4 is 22.7 Å². The maximum absolute atomic E-state index is 12.6. The Bertz CT molecular complexity index is 898. The van der Waals surface area contributed by atoms with Gasteiger partial charge in [0.15, 0.2) is 0 Å². The predicted octanol–water partition coefficient (Wildman–Crippen LogP) is 0.856. The van der Waals surface area contributed by atoms with Gasteiger partial charge in [-0.15, -0.1) is 5.10 Å². The monoisotopic (exact) mass is 301 g/mol. The van der Waals surface area contributed by atoms with E-state index in [1.165, 1.54) is 4.68 Å². The van der Waals surface area contributed by atoms with Crippen molar-refractivity contribution in [1.29, 1.82) is 0 Å². The standard InChI is InChI=1S/C15H19N5O2/c1-4-18(5-2)13(21)10-19-15(22)20-12-9-7-6-8-11(12)17(3)14(20)16-19/h6-9H,4-5,10H2,1-3H3. The summed E-state index contributed by atoms with van der Waals surface area (Å²) in [7, 11) is 1.86. The molecule has 0 aliphatic rings. The molecule has 0 saturated heterocycles. The Hall–Kier alpha value is -2.57. The molecular weight excluding hydrogens is 282 g/mol. The topological polar surface area (TPSA) is 64.5 Å². The first-order chi connectivity index (χ1) is 10.6. The van der Waals surface area contributed by atoms with Gasteiger partial charge in [0.2, 0.25) is 11.7 Å². The Kier molecular flexibility index (Phi) is 3.48. The third-order valence-electron chi connectivity index (χ3n) is 4.01. The molecule has 7 heteroatoms. The van der Waals surface area contributed by atoms with Gasteiger partial charge in [-0.05, 0) is 26.0 Å². The smallest absolute Gasteiger partial charge is 0.342 e. The molecule has 0 spiro atoms. The molecule has 1 aromatic carbocycles. The van der Waals surface area contributed by atoms with E-state index in [9.17, 15) is 9.59 Å². The van der Waals surface area contributed by atoms with Gasteiger partial charge in [0.1, 0.15) is 6.54 Å². The summed E-state index contributed by atoms with van der Waals surface area (Å²) in [5.41, 5.74) is 1.45. The van der Waals surface area contributed by atoms with Gasteiger partial charge in [0, 0.05) is 20.1 Å². The molecule has 1 amide bonds. The number of aryl methyl sites for hydroxylation is 1. The maximum Gasteiger partial charge on any atom is 0.352 e. The number of para-hydroxylation sites is 2. The molecule has 22 heavy (non-hydrogen) atoms. The first kappa shape index (κ1) is 14.4. The minimum atomic E-state index is -0.285. The van der Waals surface area contributed by atoms with Crippen molar-refractivity contribution in [2.24, 2.45) is 7.05 Å². The Labute approximate surface area is 127 Å². The SMILES string of the molecule is CCN(CC)C(=O)Cn1nc2n(C)c3ccccc3n2c1=O. The lowest BCUT2D eigenvalue weighted by atomic mass is 10.3. The number of benzene rings is 1. The van der Waals surface area contributed by atoms with Gasteiger partial charge in [-0.2, -0.15) is 0 Å². The Morgan fingerprint density at radius 1 is 1.18 bits per heavy atom. The normalized spacial score (nSPS) is 11.4. The lowest BCUT2D eigenvalue weighted by Gasteiger charge is -2.17. The van der Waals surface area contributed by atoms with Crippen LogP contribution in [0.1, 0.15) is 13.8 Å². The van der Waals surface area contributed by atoms with Crippen LogP contribution in [-0.4, -0.2) is 42.6 Å². The van der Waals surface area contributed by atoms with E-state index >= 15 is 0 Å². The molecule has 2 aromatic heterocycles. The maximum atomic E-state index is 12.6. The zero-order valence-corrected chi connectivity index (χ0v) is 13.0. The highest BCUT2D eigenvalue weighted by atomic mass is 16.2. The first-order valence-electron chi connectivity index (χ1n) is 7.39. The summed E-state index contributed by atoms with van der Waals surface area (Å²) in [6, 6.07) is 7.62. The lowest BCUT2D eigenvalue weighted by Crippen LogP contribution is -2.36. The molecule has 0 fully saturated rings. The summed E-state index contributed by atoms with van der Waals surface area (Å²) in [5.74, 6) is 0.443. The molecule has 7 nitrogen and oxygen atoms in total. The minimum Gasteiger partial charge on any atom is -0.342 e. The Morgan fingerprint density at radius 3 is 2.45 bits per heavy atom. The van der Waals surface area contributed by atoms with Crippen molar-refractivity contribution in [3.63, 3.8) is 0 Å². The van der Waals surface area contributed by atoms with E-state index in [0.29, 0.717) is 18.9 Å². The van der Waals surface area contributed by atoms with Crippen molar-refractivity contribution in [2.45, 2.75) is 20.4 Å². The van der Waals surface area contributed by atoms with Crippen LogP contribution >= 0.6 is 0 Å². The molecule has 0 atom stereocenters. The van der Waals surface area contributed by atoms with E-state index in [-0.39, 0.29) is 18.1 Å². The molecule has 0 radical (unpaired) electrons. The summed E-state index contributed by atoms with van der Waals surface area (Å²) >= 11 is 0. The lowest BCUT2D eigenvalue weighted by molar-refractivity contribution is -0.131. The van der Waals surface area contributed by atoms with Crippen LogP contribution in [0.25, 0.3) is 16.8 Å². The average Bonchev–Trinajstić information content (AvgIpc) is 2.98. The van der Waals surface area contributed by atoms with E-state index in [2.05, 4.69) is 5.10 Å². The molecule has 0 bridgehead atoms. The summed E-state index contributed by atoms with van der Waals surface area (Å²) < 4.78 is 4.64. The number of carbonyl (C=O) groups excluding carboxylic acids is 1. The highest BCUT2D eigenvalue weighted by molar-refractivity contribution is 5.80. The van der Waals surface area contributed by atoms with Crippen LogP contribution in [0.15, 0.2) is 29.1 Å². The Balaban J connectivity index is 2.10. The van der Waals surface area contributed by atoms with Gasteiger partial charge < -0.3 is 9.47 Å². The minimum absolute atomic E-state index is 0.0312. The molecule has 0 N–H and O–H groups in total.